The van der Waals surface area contributed by atoms with Crippen molar-refractivity contribution in [2.45, 2.75) is 52.1 Å². The number of nitrogens with zero attached hydrogens (tertiary/aromatic N) is 4. The van der Waals surface area contributed by atoms with E-state index in [1.165, 1.54) is 18.3 Å². The van der Waals surface area contributed by atoms with Crippen LogP contribution in [0, 0.1) is 13.8 Å². The number of pyridine rings is 1. The number of hydrogen-bond acceptors (Lipinski definition) is 6. The SMILES string of the molecule is CC(=O)Nc1ncc([C@@H](C)N2CCC3(CC2)CN(c2cc(C)nc(C)c2)C(=O)N3)s1. The summed E-state index contributed by atoms with van der Waals surface area (Å²) in [5.74, 6) is -0.107. The molecule has 0 aliphatic carbocycles. The lowest BCUT2D eigenvalue weighted by Gasteiger charge is -2.41. The first-order valence-corrected chi connectivity index (χ1v) is 11.1. The smallest absolute Gasteiger partial charge is 0.322 e. The summed E-state index contributed by atoms with van der Waals surface area (Å²) in [5.41, 5.74) is 2.57. The normalized spacial score (nSPS) is 19.7. The molecule has 30 heavy (non-hydrogen) atoms. The van der Waals surface area contributed by atoms with Crippen LogP contribution in [0.1, 0.15) is 49.0 Å². The van der Waals surface area contributed by atoms with E-state index in [1.807, 2.05) is 37.1 Å². The van der Waals surface area contributed by atoms with E-state index < -0.39 is 0 Å². The van der Waals surface area contributed by atoms with Gasteiger partial charge in [-0.3, -0.25) is 19.6 Å². The number of likely N-dealkylation sites (tertiary alicyclic amines) is 1. The van der Waals surface area contributed by atoms with Crippen LogP contribution >= 0.6 is 11.3 Å². The van der Waals surface area contributed by atoms with Crippen molar-refractivity contribution in [3.05, 3.63) is 34.6 Å². The average molecular weight is 429 g/mol. The fourth-order valence-electron chi connectivity index (χ4n) is 4.38. The lowest BCUT2D eigenvalue weighted by molar-refractivity contribution is -0.114. The maximum absolute atomic E-state index is 12.7. The molecular weight excluding hydrogens is 400 g/mol. The molecule has 2 aromatic rings. The van der Waals surface area contributed by atoms with Gasteiger partial charge in [0.05, 0.1) is 12.1 Å². The Labute approximate surface area is 180 Å². The number of hydrogen-bond donors (Lipinski definition) is 2. The number of aryl methyl sites for hydroxylation is 2. The van der Waals surface area contributed by atoms with Crippen LogP contribution in [-0.2, 0) is 4.79 Å². The molecule has 0 unspecified atom stereocenters. The average Bonchev–Trinajstić information content (AvgIpc) is 3.25. The van der Waals surface area contributed by atoms with E-state index in [0.717, 1.165) is 47.9 Å². The van der Waals surface area contributed by atoms with Crippen molar-refractivity contribution in [1.29, 1.82) is 0 Å². The lowest BCUT2D eigenvalue weighted by atomic mass is 9.87. The van der Waals surface area contributed by atoms with E-state index in [9.17, 15) is 9.59 Å². The topological polar surface area (TPSA) is 90.5 Å². The van der Waals surface area contributed by atoms with Crippen LogP contribution in [0.15, 0.2) is 18.3 Å². The van der Waals surface area contributed by atoms with Gasteiger partial charge in [-0.25, -0.2) is 9.78 Å². The van der Waals surface area contributed by atoms with Crippen LogP contribution in [0.25, 0.3) is 0 Å². The second kappa shape index (κ2) is 7.96. The number of carbonyl (C=O) groups excluding carboxylic acids is 2. The van der Waals surface area contributed by atoms with Gasteiger partial charge in [0.25, 0.3) is 0 Å². The number of urea groups is 1. The molecule has 3 amide bonds. The van der Waals surface area contributed by atoms with Crippen LogP contribution in [0.3, 0.4) is 0 Å². The highest BCUT2D eigenvalue weighted by atomic mass is 32.1. The van der Waals surface area contributed by atoms with Crippen LogP contribution in [0.2, 0.25) is 0 Å². The van der Waals surface area contributed by atoms with Crippen LogP contribution < -0.4 is 15.5 Å². The molecule has 2 aliphatic heterocycles. The Morgan fingerprint density at radius 2 is 1.93 bits per heavy atom. The third kappa shape index (κ3) is 4.17. The number of anilines is 2. The van der Waals surface area contributed by atoms with Crippen molar-refractivity contribution in [3.63, 3.8) is 0 Å². The van der Waals surface area contributed by atoms with Gasteiger partial charge in [-0.2, -0.15) is 0 Å². The molecule has 2 fully saturated rings. The molecule has 2 N–H and O–H groups in total. The zero-order valence-electron chi connectivity index (χ0n) is 17.9. The van der Waals surface area contributed by atoms with Gasteiger partial charge in [-0.1, -0.05) is 0 Å². The van der Waals surface area contributed by atoms with Gasteiger partial charge < -0.3 is 10.6 Å². The van der Waals surface area contributed by atoms with E-state index in [0.29, 0.717) is 11.7 Å². The van der Waals surface area contributed by atoms with Crippen molar-refractivity contribution < 1.29 is 9.59 Å². The number of piperidine rings is 1. The van der Waals surface area contributed by atoms with Gasteiger partial charge in [-0.15, -0.1) is 11.3 Å². The lowest BCUT2D eigenvalue weighted by Crippen LogP contribution is -2.52. The molecule has 2 saturated heterocycles. The molecule has 0 radical (unpaired) electrons. The molecule has 9 heteroatoms. The van der Waals surface area contributed by atoms with Gasteiger partial charge in [0.2, 0.25) is 5.91 Å². The minimum Gasteiger partial charge on any atom is -0.330 e. The fraction of sp³-hybridized carbons (Fsp3) is 0.524. The number of carbonyl (C=O) groups is 2. The van der Waals surface area contributed by atoms with Crippen LogP contribution in [0.5, 0.6) is 0 Å². The molecule has 1 atom stereocenters. The minimum atomic E-state index is -0.187. The summed E-state index contributed by atoms with van der Waals surface area (Å²) in [7, 11) is 0. The quantitative estimate of drug-likeness (QED) is 0.780. The maximum atomic E-state index is 12.7. The molecule has 4 heterocycles. The Morgan fingerprint density at radius 1 is 1.27 bits per heavy atom. The molecule has 4 rings (SSSR count). The molecule has 0 saturated carbocycles. The Kier molecular flexibility index (Phi) is 5.50. The van der Waals surface area contributed by atoms with E-state index in [1.54, 1.807) is 0 Å². The Balaban J connectivity index is 1.41. The molecule has 8 nitrogen and oxygen atoms in total. The van der Waals surface area contributed by atoms with Gasteiger partial charge in [0, 0.05) is 54.2 Å². The molecular formula is C21H28N6O2S. The summed E-state index contributed by atoms with van der Waals surface area (Å²) in [4.78, 5) is 38.1. The second-order valence-corrected chi connectivity index (χ2v) is 9.43. The highest BCUT2D eigenvalue weighted by Crippen LogP contribution is 2.36. The highest BCUT2D eigenvalue weighted by Gasteiger charge is 2.45. The monoisotopic (exact) mass is 428 g/mol. The van der Waals surface area contributed by atoms with Gasteiger partial charge in [0.15, 0.2) is 5.13 Å². The van der Waals surface area contributed by atoms with Crippen molar-refractivity contribution in [2.24, 2.45) is 0 Å². The first kappa shape index (κ1) is 20.7. The van der Waals surface area contributed by atoms with Crippen molar-refractivity contribution in [1.82, 2.24) is 20.2 Å². The van der Waals surface area contributed by atoms with Crippen LogP contribution in [0.4, 0.5) is 15.6 Å². The van der Waals surface area contributed by atoms with E-state index in [2.05, 4.69) is 32.4 Å². The number of amides is 3. The molecule has 1 spiro atoms. The minimum absolute atomic E-state index is 0.0242. The number of aromatic nitrogens is 2. The maximum Gasteiger partial charge on any atom is 0.322 e. The summed E-state index contributed by atoms with van der Waals surface area (Å²) in [6.45, 7) is 10.1. The predicted molar refractivity (Wildman–Crippen MR) is 118 cm³/mol. The van der Waals surface area contributed by atoms with Crippen molar-refractivity contribution >= 4 is 34.1 Å². The summed E-state index contributed by atoms with van der Waals surface area (Å²) in [5, 5.41) is 6.65. The van der Waals surface area contributed by atoms with Crippen LogP contribution in [-0.4, -0.2) is 52.0 Å². The largest absolute Gasteiger partial charge is 0.330 e. The molecule has 0 bridgehead atoms. The highest BCUT2D eigenvalue weighted by molar-refractivity contribution is 7.15. The van der Waals surface area contributed by atoms with E-state index in [-0.39, 0.29) is 23.5 Å². The first-order valence-electron chi connectivity index (χ1n) is 10.3. The van der Waals surface area contributed by atoms with E-state index in [4.69, 9.17) is 0 Å². The van der Waals surface area contributed by atoms with E-state index >= 15 is 0 Å². The number of thiazole rings is 1. The summed E-state index contributed by atoms with van der Waals surface area (Å²) >= 11 is 1.52. The fourth-order valence-corrected chi connectivity index (χ4v) is 5.32. The first-order chi connectivity index (χ1) is 14.2. The van der Waals surface area contributed by atoms with Gasteiger partial charge in [0.1, 0.15) is 0 Å². The number of nitrogens with one attached hydrogen (secondary N) is 2. The number of rotatable bonds is 4. The zero-order chi connectivity index (χ0) is 21.5. The van der Waals surface area contributed by atoms with Gasteiger partial charge in [-0.05, 0) is 45.7 Å². The molecule has 2 aromatic heterocycles. The Morgan fingerprint density at radius 3 is 2.57 bits per heavy atom. The second-order valence-electron chi connectivity index (χ2n) is 8.37. The summed E-state index contributed by atoms with van der Waals surface area (Å²) in [6, 6.07) is 4.14. The molecule has 160 valence electrons. The predicted octanol–water partition coefficient (Wildman–Crippen LogP) is 3.24. The zero-order valence-corrected chi connectivity index (χ0v) is 18.7. The third-order valence-corrected chi connectivity index (χ3v) is 7.06. The third-order valence-electron chi connectivity index (χ3n) is 5.98. The van der Waals surface area contributed by atoms with Crippen molar-refractivity contribution in [2.75, 3.05) is 29.9 Å². The summed E-state index contributed by atoms with van der Waals surface area (Å²) in [6.07, 6.45) is 3.65. The Hall–Kier alpha value is -2.52. The van der Waals surface area contributed by atoms with Crippen molar-refractivity contribution in [3.8, 4) is 0 Å². The standard InChI is InChI=1S/C21H28N6O2S/c1-13-9-17(10-14(2)23-13)27-12-21(25-20(27)29)5-7-26(8-6-21)15(3)18-11-22-19(30-18)24-16(4)28/h9-11,15H,5-8,12H2,1-4H3,(H,25,29)(H,22,24,28)/t15-/m1/s1. The van der Waals surface area contributed by atoms with Gasteiger partial charge >= 0.3 is 6.03 Å². The molecule has 2 aliphatic rings. The molecule has 0 aromatic carbocycles. The Bertz CT molecular complexity index is 946. The summed E-state index contributed by atoms with van der Waals surface area (Å²) < 4.78 is 0.